The summed E-state index contributed by atoms with van der Waals surface area (Å²) in [4.78, 5) is 12.6. The van der Waals surface area contributed by atoms with Gasteiger partial charge in [0, 0.05) is 20.4 Å². The first-order chi connectivity index (χ1) is 7.77. The third-order valence-electron chi connectivity index (χ3n) is 1.75. The summed E-state index contributed by atoms with van der Waals surface area (Å²) in [6, 6.07) is 1.28. The van der Waals surface area contributed by atoms with Crippen molar-refractivity contribution in [2.75, 3.05) is 25.7 Å². The maximum atomic E-state index is 11.4. The van der Waals surface area contributed by atoms with Crippen LogP contribution in [0.3, 0.4) is 0 Å². The molecule has 1 aromatic rings. The summed E-state index contributed by atoms with van der Waals surface area (Å²) < 4.78 is 26.3. The molecule has 0 aliphatic heterocycles. The standard InChI is InChI=1S/C8H10N4O3S2/c1-12(2)8(13)10-6-5(4-9)7(11-16-6)17(3,14)15/h1-3H3,(H,10,13). The molecule has 17 heavy (non-hydrogen) atoms. The number of anilines is 1. The zero-order chi connectivity index (χ0) is 13.2. The van der Waals surface area contributed by atoms with Crippen LogP contribution in [0.2, 0.25) is 0 Å². The molecule has 1 rings (SSSR count). The number of urea groups is 1. The van der Waals surface area contributed by atoms with Crippen molar-refractivity contribution in [1.29, 1.82) is 5.26 Å². The third-order valence-corrected chi connectivity index (χ3v) is 3.63. The summed E-state index contributed by atoms with van der Waals surface area (Å²) in [6.07, 6.45) is 0.959. The molecule has 1 N–H and O–H groups in total. The van der Waals surface area contributed by atoms with Crippen LogP contribution in [0.4, 0.5) is 9.80 Å². The Hall–Kier alpha value is -1.66. The number of rotatable bonds is 2. The quantitative estimate of drug-likeness (QED) is 0.846. The second-order valence-corrected chi connectivity index (χ2v) is 6.10. The molecule has 0 saturated heterocycles. The minimum atomic E-state index is -3.57. The minimum absolute atomic E-state index is 0.131. The van der Waals surface area contributed by atoms with Gasteiger partial charge >= 0.3 is 6.03 Å². The van der Waals surface area contributed by atoms with Gasteiger partial charge in [0.1, 0.15) is 16.6 Å². The number of nitrogens with one attached hydrogen (secondary N) is 1. The van der Waals surface area contributed by atoms with Crippen LogP contribution in [0.1, 0.15) is 5.56 Å². The Kier molecular flexibility index (Phi) is 3.69. The molecule has 0 bridgehead atoms. The Morgan fingerprint density at radius 2 is 2.12 bits per heavy atom. The van der Waals surface area contributed by atoms with Gasteiger partial charge in [0.2, 0.25) is 0 Å². The Morgan fingerprint density at radius 3 is 2.53 bits per heavy atom. The molecular weight excluding hydrogens is 264 g/mol. The Labute approximate surface area is 103 Å². The van der Waals surface area contributed by atoms with E-state index in [4.69, 9.17) is 5.26 Å². The van der Waals surface area contributed by atoms with Gasteiger partial charge in [-0.1, -0.05) is 0 Å². The molecule has 0 fully saturated rings. The Balaban J connectivity index is 3.18. The molecule has 0 aliphatic rings. The van der Waals surface area contributed by atoms with Crippen LogP contribution in [0.5, 0.6) is 0 Å². The molecule has 0 saturated carbocycles. The molecule has 1 aromatic heterocycles. The Bertz CT molecular complexity index is 582. The van der Waals surface area contributed by atoms with Crippen LogP contribution in [0.15, 0.2) is 5.03 Å². The van der Waals surface area contributed by atoms with Gasteiger partial charge in [-0.05, 0) is 11.5 Å². The maximum absolute atomic E-state index is 11.4. The first kappa shape index (κ1) is 13.4. The van der Waals surface area contributed by atoms with E-state index in [-0.39, 0.29) is 15.6 Å². The predicted octanol–water partition coefficient (Wildman–Crippen LogP) is 0.512. The van der Waals surface area contributed by atoms with Crippen LogP contribution in [0.25, 0.3) is 0 Å². The summed E-state index contributed by atoms with van der Waals surface area (Å²) in [7, 11) is -0.514. The van der Waals surface area contributed by atoms with E-state index in [1.54, 1.807) is 6.07 Å². The third kappa shape index (κ3) is 2.92. The van der Waals surface area contributed by atoms with Crippen molar-refractivity contribution in [3.63, 3.8) is 0 Å². The highest BCUT2D eigenvalue weighted by Crippen LogP contribution is 2.27. The van der Waals surface area contributed by atoms with E-state index in [0.717, 1.165) is 17.8 Å². The lowest BCUT2D eigenvalue weighted by atomic mass is 10.4. The SMILES string of the molecule is CN(C)C(=O)Nc1snc(S(C)(=O)=O)c1C#N. The van der Waals surface area contributed by atoms with E-state index in [9.17, 15) is 13.2 Å². The molecule has 2 amide bonds. The molecule has 7 nitrogen and oxygen atoms in total. The fraction of sp³-hybridized carbons (Fsp3) is 0.375. The molecule has 0 aliphatic carbocycles. The maximum Gasteiger partial charge on any atom is 0.322 e. The average molecular weight is 274 g/mol. The molecule has 0 aromatic carbocycles. The van der Waals surface area contributed by atoms with Gasteiger partial charge < -0.3 is 4.90 Å². The number of amides is 2. The number of carbonyl (C=O) groups is 1. The van der Waals surface area contributed by atoms with Crippen LogP contribution >= 0.6 is 11.5 Å². The van der Waals surface area contributed by atoms with Crippen LogP contribution < -0.4 is 5.32 Å². The van der Waals surface area contributed by atoms with Gasteiger partial charge in [0.05, 0.1) is 0 Å². The smallest absolute Gasteiger partial charge is 0.322 e. The summed E-state index contributed by atoms with van der Waals surface area (Å²) >= 11 is 0.763. The number of hydrogen-bond acceptors (Lipinski definition) is 6. The van der Waals surface area contributed by atoms with Gasteiger partial charge in [-0.15, -0.1) is 0 Å². The van der Waals surface area contributed by atoms with E-state index in [1.807, 2.05) is 0 Å². The van der Waals surface area contributed by atoms with Crippen LogP contribution in [-0.4, -0.2) is 44.1 Å². The molecule has 0 radical (unpaired) electrons. The zero-order valence-corrected chi connectivity index (χ0v) is 11.0. The van der Waals surface area contributed by atoms with Gasteiger partial charge in [-0.3, -0.25) is 5.32 Å². The second kappa shape index (κ2) is 4.68. The molecule has 92 valence electrons. The lowest BCUT2D eigenvalue weighted by Crippen LogP contribution is -2.27. The van der Waals surface area contributed by atoms with E-state index in [0.29, 0.717) is 0 Å². The average Bonchev–Trinajstić information content (AvgIpc) is 2.59. The minimum Gasteiger partial charge on any atom is -0.331 e. The van der Waals surface area contributed by atoms with Crippen molar-refractivity contribution in [2.24, 2.45) is 0 Å². The number of nitrogens with zero attached hydrogens (tertiary/aromatic N) is 3. The fourth-order valence-electron chi connectivity index (χ4n) is 0.921. The molecule has 0 unspecified atom stereocenters. The number of carbonyl (C=O) groups excluding carboxylic acids is 1. The second-order valence-electron chi connectivity index (χ2n) is 3.40. The summed E-state index contributed by atoms with van der Waals surface area (Å²) in [6.45, 7) is 0. The highest BCUT2D eigenvalue weighted by atomic mass is 32.2. The monoisotopic (exact) mass is 274 g/mol. The molecule has 0 atom stereocenters. The largest absolute Gasteiger partial charge is 0.331 e. The molecular formula is C8H10N4O3S2. The van der Waals surface area contributed by atoms with Gasteiger partial charge in [0.25, 0.3) is 0 Å². The summed E-state index contributed by atoms with van der Waals surface area (Å²) in [5, 5.41) is 11.1. The summed E-state index contributed by atoms with van der Waals surface area (Å²) in [5.41, 5.74) is -0.132. The van der Waals surface area contributed by atoms with Crippen molar-refractivity contribution in [3.8, 4) is 6.07 Å². The van der Waals surface area contributed by atoms with Crippen molar-refractivity contribution < 1.29 is 13.2 Å². The zero-order valence-electron chi connectivity index (χ0n) is 9.38. The van der Waals surface area contributed by atoms with Gasteiger partial charge in [0.15, 0.2) is 14.9 Å². The topological polar surface area (TPSA) is 103 Å². The first-order valence-electron chi connectivity index (χ1n) is 4.35. The predicted molar refractivity (Wildman–Crippen MR) is 62.6 cm³/mol. The van der Waals surface area contributed by atoms with E-state index in [1.165, 1.54) is 19.0 Å². The van der Waals surface area contributed by atoms with Crippen molar-refractivity contribution in [3.05, 3.63) is 5.56 Å². The van der Waals surface area contributed by atoms with Crippen molar-refractivity contribution >= 4 is 32.4 Å². The lowest BCUT2D eigenvalue weighted by Gasteiger charge is -2.10. The number of aromatic nitrogens is 1. The van der Waals surface area contributed by atoms with Gasteiger partial charge in [-0.2, -0.15) is 9.64 Å². The fourth-order valence-corrected chi connectivity index (χ4v) is 2.79. The highest BCUT2D eigenvalue weighted by Gasteiger charge is 2.23. The summed E-state index contributed by atoms with van der Waals surface area (Å²) in [5.74, 6) is 0. The van der Waals surface area contributed by atoms with E-state index < -0.39 is 15.9 Å². The number of sulfone groups is 1. The first-order valence-corrected chi connectivity index (χ1v) is 7.02. The molecule has 1 heterocycles. The van der Waals surface area contributed by atoms with Crippen LogP contribution in [-0.2, 0) is 9.84 Å². The highest BCUT2D eigenvalue weighted by molar-refractivity contribution is 7.90. The molecule has 0 spiro atoms. The number of nitriles is 1. The van der Waals surface area contributed by atoms with Crippen molar-refractivity contribution in [1.82, 2.24) is 9.27 Å². The van der Waals surface area contributed by atoms with E-state index in [2.05, 4.69) is 9.69 Å². The number of hydrogen-bond donors (Lipinski definition) is 1. The normalized spacial score (nSPS) is 10.7. The van der Waals surface area contributed by atoms with Crippen molar-refractivity contribution in [2.45, 2.75) is 5.03 Å². The van der Waals surface area contributed by atoms with Gasteiger partial charge in [-0.25, -0.2) is 13.2 Å². The van der Waals surface area contributed by atoms with Crippen LogP contribution in [0, 0.1) is 11.3 Å². The Morgan fingerprint density at radius 1 is 1.53 bits per heavy atom. The van der Waals surface area contributed by atoms with E-state index >= 15 is 0 Å². The molecule has 9 heteroatoms. The lowest BCUT2D eigenvalue weighted by molar-refractivity contribution is 0.231.